The molecule has 0 fully saturated rings. The van der Waals surface area contributed by atoms with Gasteiger partial charge in [-0.15, -0.1) is 0 Å². The summed E-state index contributed by atoms with van der Waals surface area (Å²) < 4.78 is 45.1. The fourth-order valence-electron chi connectivity index (χ4n) is 3.29. The summed E-state index contributed by atoms with van der Waals surface area (Å²) in [6, 6.07) is 4.45. The van der Waals surface area contributed by atoms with E-state index in [1.165, 1.54) is 18.3 Å². The molecule has 0 saturated carbocycles. The molecular formula is C19H18ClF3N2O3. The summed E-state index contributed by atoms with van der Waals surface area (Å²) in [7, 11) is 0. The summed E-state index contributed by atoms with van der Waals surface area (Å²) in [6.45, 7) is -1.07. The molecule has 0 spiro atoms. The van der Waals surface area contributed by atoms with Gasteiger partial charge in [0.1, 0.15) is 24.7 Å². The third kappa shape index (κ3) is 4.49. The number of halogens is 4. The van der Waals surface area contributed by atoms with Gasteiger partial charge in [0.2, 0.25) is 0 Å². The van der Waals surface area contributed by atoms with Gasteiger partial charge in [0.15, 0.2) is 6.29 Å². The van der Waals surface area contributed by atoms with Gasteiger partial charge < -0.3 is 9.84 Å². The van der Waals surface area contributed by atoms with Crippen LogP contribution in [0, 0.1) is 0 Å². The van der Waals surface area contributed by atoms with Crippen LogP contribution in [0.1, 0.15) is 41.7 Å². The van der Waals surface area contributed by atoms with Gasteiger partial charge in [-0.25, -0.2) is 0 Å². The highest BCUT2D eigenvalue weighted by molar-refractivity contribution is 6.32. The van der Waals surface area contributed by atoms with Crippen LogP contribution in [0.5, 0.6) is 11.5 Å². The second kappa shape index (κ2) is 8.26. The quantitative estimate of drug-likeness (QED) is 0.674. The van der Waals surface area contributed by atoms with Crippen molar-refractivity contribution in [3.63, 3.8) is 0 Å². The molecule has 0 saturated heterocycles. The molecule has 2 aromatic rings. The van der Waals surface area contributed by atoms with Crippen LogP contribution in [-0.2, 0) is 6.54 Å². The van der Waals surface area contributed by atoms with E-state index in [-0.39, 0.29) is 28.7 Å². The molecule has 1 aliphatic rings. The minimum atomic E-state index is -4.37. The summed E-state index contributed by atoms with van der Waals surface area (Å²) >= 11 is 5.80. The Labute approximate surface area is 164 Å². The third-order valence-corrected chi connectivity index (χ3v) is 4.89. The van der Waals surface area contributed by atoms with E-state index in [0.717, 1.165) is 28.7 Å². The van der Waals surface area contributed by atoms with E-state index in [0.29, 0.717) is 24.8 Å². The summed E-state index contributed by atoms with van der Waals surface area (Å²) in [5.74, 6) is -0.201. The number of phenols is 1. The molecule has 0 aliphatic heterocycles. The number of carbonyl (C=O) groups is 1. The van der Waals surface area contributed by atoms with Crippen LogP contribution in [0.15, 0.2) is 30.0 Å². The SMILES string of the molecule is O=Cc1c(OCC2=C(c3ccnn3CC(F)(F)F)CCCC2)ccc(Cl)c1O. The number of aldehydes is 1. The Hall–Kier alpha value is -2.48. The van der Waals surface area contributed by atoms with Crippen molar-refractivity contribution in [1.29, 1.82) is 0 Å². The fraction of sp³-hybridized carbons (Fsp3) is 0.368. The second-order valence-corrected chi connectivity index (χ2v) is 6.90. The van der Waals surface area contributed by atoms with E-state index >= 15 is 0 Å². The van der Waals surface area contributed by atoms with E-state index < -0.39 is 12.7 Å². The number of rotatable bonds is 6. The zero-order chi connectivity index (χ0) is 20.3. The second-order valence-electron chi connectivity index (χ2n) is 6.49. The van der Waals surface area contributed by atoms with Crippen LogP contribution in [0.2, 0.25) is 5.02 Å². The van der Waals surface area contributed by atoms with E-state index in [1.54, 1.807) is 6.07 Å². The van der Waals surface area contributed by atoms with Crippen molar-refractivity contribution in [3.05, 3.63) is 46.2 Å². The zero-order valence-electron chi connectivity index (χ0n) is 14.8. The predicted molar refractivity (Wildman–Crippen MR) is 97.7 cm³/mol. The number of aromatic nitrogens is 2. The molecule has 1 heterocycles. The Balaban J connectivity index is 1.88. The lowest BCUT2D eigenvalue weighted by atomic mass is 9.90. The molecule has 3 rings (SSSR count). The van der Waals surface area contributed by atoms with E-state index in [9.17, 15) is 23.1 Å². The van der Waals surface area contributed by atoms with Gasteiger partial charge in [0.05, 0.1) is 16.3 Å². The molecule has 0 amide bonds. The van der Waals surface area contributed by atoms with Crippen molar-refractivity contribution in [2.75, 3.05) is 6.61 Å². The zero-order valence-corrected chi connectivity index (χ0v) is 15.6. The number of aromatic hydroxyl groups is 1. The lowest BCUT2D eigenvalue weighted by molar-refractivity contribution is -0.142. The standard InChI is InChI=1S/C19H18ClF3N2O3/c20-15-5-6-17(14(9-26)18(15)27)28-10-12-3-1-2-4-13(12)16-7-8-24-25(16)11-19(21,22)23/h5-9,27H,1-4,10-11H2. The van der Waals surface area contributed by atoms with E-state index in [4.69, 9.17) is 16.3 Å². The van der Waals surface area contributed by atoms with Gasteiger partial charge in [-0.2, -0.15) is 18.3 Å². The number of nitrogens with zero attached hydrogens (tertiary/aromatic N) is 2. The van der Waals surface area contributed by atoms with Crippen molar-refractivity contribution in [2.45, 2.75) is 38.4 Å². The van der Waals surface area contributed by atoms with E-state index in [2.05, 4.69) is 5.10 Å². The number of hydrogen-bond acceptors (Lipinski definition) is 4. The van der Waals surface area contributed by atoms with Gasteiger partial charge in [0, 0.05) is 6.20 Å². The van der Waals surface area contributed by atoms with Gasteiger partial charge in [-0.05, 0) is 55.0 Å². The topological polar surface area (TPSA) is 64.3 Å². The smallest absolute Gasteiger partial charge is 0.408 e. The molecular weight excluding hydrogens is 397 g/mol. The first-order valence-corrected chi connectivity index (χ1v) is 9.07. The largest absolute Gasteiger partial charge is 0.505 e. The lowest BCUT2D eigenvalue weighted by Crippen LogP contribution is -2.21. The highest BCUT2D eigenvalue weighted by Crippen LogP contribution is 2.36. The minimum Gasteiger partial charge on any atom is -0.505 e. The van der Waals surface area contributed by atoms with Crippen molar-refractivity contribution in [2.24, 2.45) is 0 Å². The lowest BCUT2D eigenvalue weighted by Gasteiger charge is -2.22. The van der Waals surface area contributed by atoms with E-state index in [1.807, 2.05) is 0 Å². The normalized spacial score (nSPS) is 15.0. The Morgan fingerprint density at radius 1 is 1.25 bits per heavy atom. The maximum Gasteiger partial charge on any atom is 0.408 e. The maximum atomic E-state index is 12.8. The Morgan fingerprint density at radius 2 is 2.00 bits per heavy atom. The Kier molecular flexibility index (Phi) is 5.98. The summed E-state index contributed by atoms with van der Waals surface area (Å²) in [6.07, 6.45) is 0.469. The van der Waals surface area contributed by atoms with Crippen LogP contribution in [0.3, 0.4) is 0 Å². The molecule has 5 nitrogen and oxygen atoms in total. The van der Waals surface area contributed by atoms with Crippen molar-refractivity contribution < 1.29 is 27.8 Å². The maximum absolute atomic E-state index is 12.8. The summed E-state index contributed by atoms with van der Waals surface area (Å²) in [5.41, 5.74) is 1.98. The summed E-state index contributed by atoms with van der Waals surface area (Å²) in [5, 5.41) is 13.7. The Bertz CT molecular complexity index is 906. The fourth-order valence-corrected chi connectivity index (χ4v) is 3.45. The molecule has 150 valence electrons. The van der Waals surface area contributed by atoms with Gasteiger partial charge >= 0.3 is 6.18 Å². The first-order valence-electron chi connectivity index (χ1n) is 8.69. The van der Waals surface area contributed by atoms with Crippen LogP contribution >= 0.6 is 11.6 Å². The van der Waals surface area contributed by atoms with Crippen molar-refractivity contribution >= 4 is 23.5 Å². The first kappa shape index (κ1) is 20.3. The highest BCUT2D eigenvalue weighted by Gasteiger charge is 2.30. The highest BCUT2D eigenvalue weighted by atomic mass is 35.5. The molecule has 1 aromatic carbocycles. The number of allylic oxidation sites excluding steroid dienone is 1. The molecule has 28 heavy (non-hydrogen) atoms. The van der Waals surface area contributed by atoms with Crippen molar-refractivity contribution in [1.82, 2.24) is 9.78 Å². The molecule has 0 bridgehead atoms. The average molecular weight is 415 g/mol. The van der Waals surface area contributed by atoms with Gasteiger partial charge in [-0.1, -0.05) is 11.6 Å². The number of alkyl halides is 3. The van der Waals surface area contributed by atoms with Gasteiger partial charge in [0.25, 0.3) is 0 Å². The monoisotopic (exact) mass is 414 g/mol. The summed E-state index contributed by atoms with van der Waals surface area (Å²) in [4.78, 5) is 11.3. The molecule has 1 N–H and O–H groups in total. The number of carbonyl (C=O) groups excluding carboxylic acids is 1. The molecule has 9 heteroatoms. The third-order valence-electron chi connectivity index (χ3n) is 4.58. The number of benzene rings is 1. The average Bonchev–Trinajstić information content (AvgIpc) is 3.09. The first-order chi connectivity index (χ1) is 13.3. The molecule has 1 aromatic heterocycles. The number of phenolic OH excluding ortho intramolecular Hbond substituents is 1. The molecule has 1 aliphatic carbocycles. The van der Waals surface area contributed by atoms with Crippen LogP contribution in [0.4, 0.5) is 13.2 Å². The number of hydrogen-bond donors (Lipinski definition) is 1. The Morgan fingerprint density at radius 3 is 2.71 bits per heavy atom. The van der Waals surface area contributed by atoms with Crippen LogP contribution < -0.4 is 4.74 Å². The number of ether oxygens (including phenoxy) is 1. The van der Waals surface area contributed by atoms with Crippen molar-refractivity contribution in [3.8, 4) is 11.5 Å². The van der Waals surface area contributed by atoms with Crippen LogP contribution in [-0.4, -0.2) is 34.0 Å². The van der Waals surface area contributed by atoms with Crippen LogP contribution in [0.25, 0.3) is 5.57 Å². The van der Waals surface area contributed by atoms with Gasteiger partial charge in [-0.3, -0.25) is 9.48 Å². The molecule has 0 atom stereocenters. The minimum absolute atomic E-state index is 0.0306. The predicted octanol–water partition coefficient (Wildman–Crippen LogP) is 5.02. The molecule has 0 radical (unpaired) electrons. The molecule has 0 unspecified atom stereocenters.